The van der Waals surface area contributed by atoms with Gasteiger partial charge in [-0.25, -0.2) is 15.0 Å². The molecule has 180 valence electrons. The van der Waals surface area contributed by atoms with Gasteiger partial charge in [-0.3, -0.25) is 4.57 Å². The quantitative estimate of drug-likeness (QED) is 0.386. The second kappa shape index (κ2) is 8.90. The summed E-state index contributed by atoms with van der Waals surface area (Å²) in [6, 6.07) is 16.1. The molecule has 4 atom stereocenters. The SMILES string of the molecule is COC1C(O)[C@@H](CO)O[C@H]1n1cnc2c(NCC3c4ccccc4Oc4ccccc43)ncnc21. The average molecular weight is 476 g/mol. The van der Waals surface area contributed by atoms with Gasteiger partial charge in [0, 0.05) is 30.7 Å². The molecule has 2 aliphatic heterocycles. The van der Waals surface area contributed by atoms with Crippen molar-refractivity contribution in [2.45, 2.75) is 30.5 Å². The third-order valence-corrected chi connectivity index (χ3v) is 6.68. The van der Waals surface area contributed by atoms with Crippen molar-refractivity contribution in [3.63, 3.8) is 0 Å². The van der Waals surface area contributed by atoms with E-state index in [1.54, 1.807) is 10.9 Å². The summed E-state index contributed by atoms with van der Waals surface area (Å²) < 4.78 is 19.1. The Balaban J connectivity index is 1.31. The highest BCUT2D eigenvalue weighted by Crippen LogP contribution is 2.44. The van der Waals surface area contributed by atoms with E-state index in [9.17, 15) is 10.2 Å². The number of nitrogens with zero attached hydrogens (tertiary/aromatic N) is 4. The zero-order valence-corrected chi connectivity index (χ0v) is 19.0. The molecule has 4 heterocycles. The van der Waals surface area contributed by atoms with Gasteiger partial charge in [0.15, 0.2) is 23.2 Å². The molecule has 6 rings (SSSR count). The average Bonchev–Trinajstić information content (AvgIpc) is 3.47. The fraction of sp³-hybridized carbons (Fsp3) is 0.320. The third-order valence-electron chi connectivity index (χ3n) is 6.68. The fourth-order valence-electron chi connectivity index (χ4n) is 4.94. The van der Waals surface area contributed by atoms with Gasteiger partial charge in [0.25, 0.3) is 0 Å². The maximum absolute atomic E-state index is 10.4. The van der Waals surface area contributed by atoms with Crippen molar-refractivity contribution in [3.8, 4) is 11.5 Å². The Kier molecular flexibility index (Phi) is 5.57. The number of benzene rings is 2. The molecule has 2 aliphatic rings. The van der Waals surface area contributed by atoms with Crippen LogP contribution in [0.3, 0.4) is 0 Å². The van der Waals surface area contributed by atoms with Crippen LogP contribution < -0.4 is 10.1 Å². The van der Waals surface area contributed by atoms with Crippen molar-refractivity contribution in [2.75, 3.05) is 25.6 Å². The Hall–Kier alpha value is -3.57. The molecule has 0 saturated carbocycles. The van der Waals surface area contributed by atoms with Gasteiger partial charge in [-0.15, -0.1) is 0 Å². The molecule has 0 bridgehead atoms. The Morgan fingerprint density at radius 3 is 2.43 bits per heavy atom. The van der Waals surface area contributed by atoms with Crippen LogP contribution >= 0.6 is 0 Å². The molecular weight excluding hydrogens is 450 g/mol. The second-order valence-electron chi connectivity index (χ2n) is 8.60. The lowest BCUT2D eigenvalue weighted by Gasteiger charge is -2.28. The van der Waals surface area contributed by atoms with Gasteiger partial charge in [0.2, 0.25) is 0 Å². The Bertz CT molecular complexity index is 1320. The lowest BCUT2D eigenvalue weighted by Crippen LogP contribution is -2.34. The first kappa shape index (κ1) is 21.9. The molecule has 2 unspecified atom stereocenters. The minimum absolute atomic E-state index is 0.0553. The summed E-state index contributed by atoms with van der Waals surface area (Å²) in [7, 11) is 1.49. The van der Waals surface area contributed by atoms with Crippen LogP contribution in [0.5, 0.6) is 11.5 Å². The number of imidazole rings is 1. The lowest BCUT2D eigenvalue weighted by atomic mass is 9.88. The van der Waals surface area contributed by atoms with Crippen LogP contribution in [0.4, 0.5) is 5.82 Å². The molecule has 1 fully saturated rings. The van der Waals surface area contributed by atoms with E-state index in [1.165, 1.54) is 13.4 Å². The summed E-state index contributed by atoms with van der Waals surface area (Å²) in [6.45, 7) is 0.252. The largest absolute Gasteiger partial charge is 0.457 e. The zero-order valence-electron chi connectivity index (χ0n) is 19.0. The summed E-state index contributed by atoms with van der Waals surface area (Å²) in [5.74, 6) is 2.33. The van der Waals surface area contributed by atoms with Crippen LogP contribution in [-0.2, 0) is 9.47 Å². The first-order chi connectivity index (χ1) is 17.2. The first-order valence-corrected chi connectivity index (χ1v) is 11.4. The summed E-state index contributed by atoms with van der Waals surface area (Å²) in [5.41, 5.74) is 3.30. The van der Waals surface area contributed by atoms with Gasteiger partial charge < -0.3 is 29.7 Å². The number of methoxy groups -OCH3 is 1. The third kappa shape index (κ3) is 3.62. The van der Waals surface area contributed by atoms with Crippen molar-refractivity contribution >= 4 is 17.0 Å². The molecule has 2 aromatic carbocycles. The number of anilines is 1. The van der Waals surface area contributed by atoms with Gasteiger partial charge >= 0.3 is 0 Å². The van der Waals surface area contributed by atoms with Crippen molar-refractivity contribution in [2.24, 2.45) is 0 Å². The fourth-order valence-corrected chi connectivity index (χ4v) is 4.94. The number of hydrogen-bond donors (Lipinski definition) is 3. The monoisotopic (exact) mass is 475 g/mol. The highest BCUT2D eigenvalue weighted by atomic mass is 16.6. The minimum Gasteiger partial charge on any atom is -0.457 e. The standard InChI is InChI=1S/C25H25N5O5/c1-33-22-21(32)19(11-31)35-25(22)30-13-29-20-23(27-12-28-24(20)30)26-10-16-14-6-2-4-8-17(14)34-18-9-5-3-7-15(16)18/h2-9,12-13,16,19,21-22,25,31-32H,10-11H2,1H3,(H,26,27,28)/t19-,21?,22?,25-/m1/s1. The van der Waals surface area contributed by atoms with Crippen molar-refractivity contribution in [1.29, 1.82) is 0 Å². The van der Waals surface area contributed by atoms with E-state index in [0.29, 0.717) is 23.5 Å². The Morgan fingerprint density at radius 2 is 1.74 bits per heavy atom. The van der Waals surface area contributed by atoms with Gasteiger partial charge in [-0.05, 0) is 12.1 Å². The lowest BCUT2D eigenvalue weighted by molar-refractivity contribution is -0.0583. The Labute approximate surface area is 201 Å². The molecule has 2 aromatic heterocycles. The van der Waals surface area contributed by atoms with Gasteiger partial charge in [0.05, 0.1) is 12.9 Å². The molecule has 35 heavy (non-hydrogen) atoms. The maximum Gasteiger partial charge on any atom is 0.167 e. The van der Waals surface area contributed by atoms with E-state index in [4.69, 9.17) is 14.2 Å². The Morgan fingerprint density at radius 1 is 1.03 bits per heavy atom. The highest BCUT2D eigenvalue weighted by molar-refractivity contribution is 5.82. The molecule has 1 saturated heterocycles. The number of fused-ring (bicyclic) bond motifs is 3. The molecule has 10 nitrogen and oxygen atoms in total. The predicted molar refractivity (Wildman–Crippen MR) is 126 cm³/mol. The summed E-state index contributed by atoms with van der Waals surface area (Å²) in [6.07, 6.45) is -0.0330. The summed E-state index contributed by atoms with van der Waals surface area (Å²) >= 11 is 0. The number of ether oxygens (including phenoxy) is 3. The first-order valence-electron chi connectivity index (χ1n) is 11.4. The van der Waals surface area contributed by atoms with Gasteiger partial charge in [0.1, 0.15) is 36.1 Å². The molecule has 0 aliphatic carbocycles. The van der Waals surface area contributed by atoms with Gasteiger partial charge in [-0.2, -0.15) is 0 Å². The summed E-state index contributed by atoms with van der Waals surface area (Å²) in [5, 5.41) is 23.4. The van der Waals surface area contributed by atoms with E-state index in [1.807, 2.05) is 36.4 Å². The second-order valence-corrected chi connectivity index (χ2v) is 8.60. The van der Waals surface area contributed by atoms with Crippen LogP contribution in [0.15, 0.2) is 61.2 Å². The number of nitrogens with one attached hydrogen (secondary N) is 1. The number of hydrogen-bond acceptors (Lipinski definition) is 9. The minimum atomic E-state index is -0.972. The van der Waals surface area contributed by atoms with Crippen LogP contribution in [0, 0.1) is 0 Å². The molecule has 10 heteroatoms. The molecule has 3 N–H and O–H groups in total. The van der Waals surface area contributed by atoms with Gasteiger partial charge in [-0.1, -0.05) is 36.4 Å². The molecule has 0 radical (unpaired) electrons. The van der Waals surface area contributed by atoms with E-state index in [2.05, 4.69) is 32.4 Å². The number of rotatable bonds is 6. The van der Waals surface area contributed by atoms with Crippen molar-refractivity contribution < 1.29 is 24.4 Å². The number of para-hydroxylation sites is 2. The van der Waals surface area contributed by atoms with E-state index >= 15 is 0 Å². The van der Waals surface area contributed by atoms with Crippen molar-refractivity contribution in [3.05, 3.63) is 72.3 Å². The predicted octanol–water partition coefficient (Wildman–Crippen LogP) is 2.44. The molecule has 0 spiro atoms. The number of aliphatic hydroxyl groups is 2. The topological polar surface area (TPSA) is 124 Å². The molecule has 4 aromatic rings. The smallest absolute Gasteiger partial charge is 0.167 e. The normalized spacial score (nSPS) is 23.6. The zero-order chi connectivity index (χ0) is 23.9. The maximum atomic E-state index is 10.4. The van der Waals surface area contributed by atoms with Crippen molar-refractivity contribution in [1.82, 2.24) is 19.5 Å². The van der Waals surface area contributed by atoms with Crippen LogP contribution in [0.2, 0.25) is 0 Å². The molecular formula is C25H25N5O5. The van der Waals surface area contributed by atoms with Crippen LogP contribution in [0.25, 0.3) is 11.2 Å². The van der Waals surface area contributed by atoms with E-state index < -0.39 is 24.5 Å². The summed E-state index contributed by atoms with van der Waals surface area (Å²) in [4.78, 5) is 13.4. The number of aliphatic hydroxyl groups excluding tert-OH is 2. The molecule has 0 amide bonds. The highest BCUT2D eigenvalue weighted by Gasteiger charge is 2.45. The van der Waals surface area contributed by atoms with E-state index in [0.717, 1.165) is 22.6 Å². The van der Waals surface area contributed by atoms with Crippen LogP contribution in [-0.4, -0.2) is 68.3 Å². The number of aromatic nitrogens is 4. The van der Waals surface area contributed by atoms with E-state index in [-0.39, 0.29) is 12.5 Å². The van der Waals surface area contributed by atoms with Crippen LogP contribution in [0.1, 0.15) is 23.3 Å².